The van der Waals surface area contributed by atoms with E-state index in [4.69, 9.17) is 9.15 Å². The molecule has 0 unspecified atom stereocenters. The molecule has 0 saturated carbocycles. The van der Waals surface area contributed by atoms with Crippen molar-refractivity contribution < 1.29 is 18.9 Å². The third-order valence-electron chi connectivity index (χ3n) is 3.38. The standard InChI is InChI=1S/C16H14N4O6S/c1-2-25-10-5-6-11(12(8-10)20(23)24)17-14(21)9-19-16(22)26-15(18-19)13-4-3-7-27-13/h3-8H,2,9H2,1H3,(H,17,21). The first-order valence-electron chi connectivity index (χ1n) is 7.81. The van der Waals surface area contributed by atoms with Crippen LogP contribution < -0.4 is 15.8 Å². The molecule has 10 nitrogen and oxygen atoms in total. The summed E-state index contributed by atoms with van der Waals surface area (Å²) in [5, 5.41) is 19.4. The number of thiophene rings is 1. The Morgan fingerprint density at radius 1 is 1.44 bits per heavy atom. The Labute approximate surface area is 156 Å². The van der Waals surface area contributed by atoms with Crippen molar-refractivity contribution in [3.05, 3.63) is 56.4 Å². The van der Waals surface area contributed by atoms with E-state index in [1.54, 1.807) is 24.4 Å². The summed E-state index contributed by atoms with van der Waals surface area (Å²) in [6.07, 6.45) is 0. The van der Waals surface area contributed by atoms with Crippen LogP contribution >= 0.6 is 11.3 Å². The number of nitro benzene ring substituents is 1. The Morgan fingerprint density at radius 2 is 2.26 bits per heavy atom. The van der Waals surface area contributed by atoms with E-state index < -0.39 is 23.1 Å². The number of aromatic nitrogens is 2. The number of nitrogens with one attached hydrogen (secondary N) is 1. The Morgan fingerprint density at radius 3 is 2.93 bits per heavy atom. The molecule has 0 saturated heterocycles. The number of nitro groups is 1. The second-order valence-electron chi connectivity index (χ2n) is 5.23. The minimum Gasteiger partial charge on any atom is -0.494 e. The zero-order valence-electron chi connectivity index (χ0n) is 14.1. The van der Waals surface area contributed by atoms with E-state index in [0.29, 0.717) is 17.2 Å². The maximum Gasteiger partial charge on any atom is 0.437 e. The van der Waals surface area contributed by atoms with E-state index in [9.17, 15) is 19.7 Å². The minimum atomic E-state index is -0.797. The van der Waals surface area contributed by atoms with Gasteiger partial charge in [-0.15, -0.1) is 16.4 Å². The molecule has 0 atom stereocenters. The van der Waals surface area contributed by atoms with Gasteiger partial charge in [0.2, 0.25) is 5.91 Å². The quantitative estimate of drug-likeness (QED) is 0.484. The van der Waals surface area contributed by atoms with Crippen molar-refractivity contribution in [1.82, 2.24) is 9.78 Å². The fraction of sp³-hybridized carbons (Fsp3) is 0.188. The fourth-order valence-electron chi connectivity index (χ4n) is 2.26. The number of benzene rings is 1. The van der Waals surface area contributed by atoms with Gasteiger partial charge in [-0.3, -0.25) is 14.9 Å². The summed E-state index contributed by atoms with van der Waals surface area (Å²) in [5.41, 5.74) is -0.329. The van der Waals surface area contributed by atoms with Crippen LogP contribution in [-0.4, -0.2) is 27.2 Å². The number of carbonyl (C=O) groups excluding carboxylic acids is 1. The number of ether oxygens (including phenoxy) is 1. The lowest BCUT2D eigenvalue weighted by Gasteiger charge is -2.08. The molecule has 0 bridgehead atoms. The van der Waals surface area contributed by atoms with Crippen LogP contribution in [0.1, 0.15) is 6.92 Å². The molecule has 1 aromatic carbocycles. The number of carbonyl (C=O) groups is 1. The highest BCUT2D eigenvalue weighted by atomic mass is 32.1. The van der Waals surface area contributed by atoms with Gasteiger partial charge in [0, 0.05) is 0 Å². The van der Waals surface area contributed by atoms with Crippen molar-refractivity contribution in [2.75, 3.05) is 11.9 Å². The van der Waals surface area contributed by atoms with Crippen LogP contribution in [0.25, 0.3) is 10.8 Å². The van der Waals surface area contributed by atoms with Gasteiger partial charge in [0.25, 0.3) is 11.6 Å². The summed E-state index contributed by atoms with van der Waals surface area (Å²) in [6, 6.07) is 7.59. The normalized spacial score (nSPS) is 10.6. The molecule has 1 N–H and O–H groups in total. The van der Waals surface area contributed by atoms with Gasteiger partial charge >= 0.3 is 5.76 Å². The topological polar surface area (TPSA) is 130 Å². The average Bonchev–Trinajstić information content (AvgIpc) is 3.27. The molecule has 27 heavy (non-hydrogen) atoms. The van der Waals surface area contributed by atoms with Crippen LogP contribution in [0.5, 0.6) is 5.75 Å². The van der Waals surface area contributed by atoms with Gasteiger partial charge in [-0.05, 0) is 30.5 Å². The Kier molecular flexibility index (Phi) is 5.31. The van der Waals surface area contributed by atoms with E-state index >= 15 is 0 Å². The molecule has 0 aliphatic heterocycles. The maximum absolute atomic E-state index is 12.2. The molecule has 0 aliphatic rings. The second kappa shape index (κ2) is 7.83. The highest BCUT2D eigenvalue weighted by Gasteiger charge is 2.19. The largest absolute Gasteiger partial charge is 0.494 e. The predicted molar refractivity (Wildman–Crippen MR) is 97.0 cm³/mol. The molecular weight excluding hydrogens is 376 g/mol. The van der Waals surface area contributed by atoms with E-state index in [-0.39, 0.29) is 17.3 Å². The Hall–Kier alpha value is -3.47. The van der Waals surface area contributed by atoms with Crippen LogP contribution in [0.15, 0.2) is 44.9 Å². The van der Waals surface area contributed by atoms with Crippen molar-refractivity contribution in [1.29, 1.82) is 0 Å². The van der Waals surface area contributed by atoms with Gasteiger partial charge in [-0.2, -0.15) is 4.68 Å². The van der Waals surface area contributed by atoms with Crippen molar-refractivity contribution in [2.45, 2.75) is 13.5 Å². The maximum atomic E-state index is 12.2. The number of hydrogen-bond donors (Lipinski definition) is 1. The smallest absolute Gasteiger partial charge is 0.437 e. The first kappa shape index (κ1) is 18.3. The molecule has 0 radical (unpaired) electrons. The predicted octanol–water partition coefficient (Wildman–Crippen LogP) is 2.51. The zero-order valence-corrected chi connectivity index (χ0v) is 14.9. The van der Waals surface area contributed by atoms with Gasteiger partial charge < -0.3 is 14.5 Å². The van der Waals surface area contributed by atoms with E-state index in [1.807, 2.05) is 0 Å². The van der Waals surface area contributed by atoms with E-state index in [1.165, 1.54) is 29.5 Å². The Balaban J connectivity index is 1.76. The van der Waals surface area contributed by atoms with E-state index in [0.717, 1.165) is 4.68 Å². The highest BCUT2D eigenvalue weighted by molar-refractivity contribution is 7.13. The minimum absolute atomic E-state index is 0.0107. The van der Waals surface area contributed by atoms with Gasteiger partial charge in [0.05, 0.1) is 22.5 Å². The van der Waals surface area contributed by atoms with Crippen LogP contribution in [0.3, 0.4) is 0 Å². The van der Waals surface area contributed by atoms with Crippen LogP contribution in [0.4, 0.5) is 11.4 Å². The van der Waals surface area contributed by atoms with Crippen LogP contribution in [0.2, 0.25) is 0 Å². The lowest BCUT2D eigenvalue weighted by Crippen LogP contribution is -2.26. The molecule has 140 valence electrons. The van der Waals surface area contributed by atoms with Gasteiger partial charge in [-0.25, -0.2) is 4.79 Å². The summed E-state index contributed by atoms with van der Waals surface area (Å²) in [5.74, 6) is -1.03. The molecule has 2 aromatic heterocycles. The molecule has 0 aliphatic carbocycles. The van der Waals surface area contributed by atoms with Crippen molar-refractivity contribution >= 4 is 28.6 Å². The number of amides is 1. The van der Waals surface area contributed by atoms with Gasteiger partial charge in [0.1, 0.15) is 18.0 Å². The first-order valence-corrected chi connectivity index (χ1v) is 8.69. The molecule has 2 heterocycles. The SMILES string of the molecule is CCOc1ccc(NC(=O)Cn2nc(-c3cccs3)oc2=O)c([N+](=O)[O-])c1. The second-order valence-corrected chi connectivity index (χ2v) is 6.17. The van der Waals surface area contributed by atoms with Gasteiger partial charge in [0.15, 0.2) is 0 Å². The number of rotatable bonds is 7. The molecule has 0 spiro atoms. The molecular formula is C16H14N4O6S. The lowest BCUT2D eigenvalue weighted by molar-refractivity contribution is -0.384. The van der Waals surface area contributed by atoms with Crippen LogP contribution in [-0.2, 0) is 11.3 Å². The number of hydrogen-bond acceptors (Lipinski definition) is 8. The zero-order chi connectivity index (χ0) is 19.4. The summed E-state index contributed by atoms with van der Waals surface area (Å²) < 4.78 is 11.1. The Bertz CT molecular complexity index is 1020. The molecule has 3 rings (SSSR count). The van der Waals surface area contributed by atoms with Gasteiger partial charge in [-0.1, -0.05) is 6.07 Å². The summed E-state index contributed by atoms with van der Waals surface area (Å²) >= 11 is 1.33. The monoisotopic (exact) mass is 390 g/mol. The summed E-state index contributed by atoms with van der Waals surface area (Å²) in [4.78, 5) is 35.3. The lowest BCUT2D eigenvalue weighted by atomic mass is 10.2. The third kappa shape index (κ3) is 4.20. The summed E-state index contributed by atoms with van der Waals surface area (Å²) in [7, 11) is 0. The fourth-order valence-corrected chi connectivity index (χ4v) is 2.90. The molecule has 1 amide bonds. The first-order chi connectivity index (χ1) is 13.0. The number of anilines is 1. The molecule has 11 heteroatoms. The third-order valence-corrected chi connectivity index (χ3v) is 4.24. The summed E-state index contributed by atoms with van der Waals surface area (Å²) in [6.45, 7) is 1.66. The molecule has 0 fully saturated rings. The van der Waals surface area contributed by atoms with Crippen LogP contribution in [0, 0.1) is 10.1 Å². The highest BCUT2D eigenvalue weighted by Crippen LogP contribution is 2.29. The number of nitrogens with zero attached hydrogens (tertiary/aromatic N) is 3. The van der Waals surface area contributed by atoms with Crippen molar-refractivity contribution in [3.63, 3.8) is 0 Å². The van der Waals surface area contributed by atoms with E-state index in [2.05, 4.69) is 10.4 Å². The average molecular weight is 390 g/mol. The molecule has 3 aromatic rings. The van der Waals surface area contributed by atoms with Crippen molar-refractivity contribution in [2.24, 2.45) is 0 Å². The van der Waals surface area contributed by atoms with Crippen molar-refractivity contribution in [3.8, 4) is 16.5 Å².